The average molecular weight is 424 g/mol. The first-order valence-electron chi connectivity index (χ1n) is 13.7. The Bertz CT molecular complexity index is 698. The van der Waals surface area contributed by atoms with E-state index in [1.54, 1.807) is 5.57 Å². The van der Waals surface area contributed by atoms with Crippen LogP contribution >= 0.6 is 0 Å². The first-order chi connectivity index (χ1) is 14.8. The van der Waals surface area contributed by atoms with E-state index in [0.29, 0.717) is 16.9 Å². The molecule has 4 rings (SSSR count). The molecule has 1 heteroatoms. The van der Waals surface area contributed by atoms with Crippen molar-refractivity contribution in [3.63, 3.8) is 0 Å². The predicted molar refractivity (Wildman–Crippen MR) is 134 cm³/mol. The summed E-state index contributed by atoms with van der Waals surface area (Å²) in [4.78, 5) is 0. The molecule has 31 heavy (non-hydrogen) atoms. The second kappa shape index (κ2) is 9.25. The van der Waals surface area contributed by atoms with Crippen LogP contribution in [0.2, 0.25) is 0 Å². The molecule has 0 amide bonds. The molecule has 0 saturated heterocycles. The van der Waals surface area contributed by atoms with Crippen molar-refractivity contribution < 1.29 is 0 Å². The summed E-state index contributed by atoms with van der Waals surface area (Å²) in [7, 11) is 0. The van der Waals surface area contributed by atoms with E-state index < -0.39 is 0 Å². The van der Waals surface area contributed by atoms with Crippen molar-refractivity contribution in [1.29, 1.82) is 0 Å². The van der Waals surface area contributed by atoms with Crippen molar-refractivity contribution in [2.45, 2.75) is 111 Å². The number of hydrogen-bond donors (Lipinski definition) is 1. The van der Waals surface area contributed by atoms with Crippen LogP contribution in [-0.2, 0) is 0 Å². The SMILES string of the molecule is C#CCNC1CCC2(C)C(=CCC3C2CCC2(C)C(C(C)CCCC(C)C)CCC32)C1. The summed E-state index contributed by atoms with van der Waals surface area (Å²) in [5.74, 6) is 8.34. The molecule has 0 bridgehead atoms. The van der Waals surface area contributed by atoms with Crippen LogP contribution in [0, 0.1) is 58.7 Å². The second-order valence-corrected chi connectivity index (χ2v) is 12.8. The lowest BCUT2D eigenvalue weighted by Crippen LogP contribution is -2.51. The molecule has 0 heterocycles. The predicted octanol–water partition coefficient (Wildman–Crippen LogP) is 7.62. The van der Waals surface area contributed by atoms with Crippen molar-refractivity contribution in [1.82, 2.24) is 5.32 Å². The van der Waals surface area contributed by atoms with Gasteiger partial charge < -0.3 is 5.32 Å². The van der Waals surface area contributed by atoms with E-state index in [2.05, 4.69) is 51.9 Å². The lowest BCUT2D eigenvalue weighted by molar-refractivity contribution is -0.0514. The van der Waals surface area contributed by atoms with Gasteiger partial charge in [0.2, 0.25) is 0 Å². The van der Waals surface area contributed by atoms with Gasteiger partial charge in [-0.25, -0.2) is 0 Å². The van der Waals surface area contributed by atoms with Gasteiger partial charge in [-0.2, -0.15) is 0 Å². The maximum atomic E-state index is 5.50. The maximum absolute atomic E-state index is 5.50. The molecule has 0 radical (unpaired) electrons. The Morgan fingerprint density at radius 2 is 1.87 bits per heavy atom. The normalized spacial score (nSPS) is 42.9. The zero-order chi connectivity index (χ0) is 22.2. The smallest absolute Gasteiger partial charge is 0.0576 e. The van der Waals surface area contributed by atoms with Crippen molar-refractivity contribution in [2.24, 2.45) is 46.3 Å². The number of hydrogen-bond acceptors (Lipinski definition) is 1. The van der Waals surface area contributed by atoms with Crippen molar-refractivity contribution in [2.75, 3.05) is 6.54 Å². The second-order valence-electron chi connectivity index (χ2n) is 12.8. The molecular formula is C30H49N. The molecule has 0 aromatic rings. The topological polar surface area (TPSA) is 12.0 Å². The molecule has 0 aliphatic heterocycles. The summed E-state index contributed by atoms with van der Waals surface area (Å²) < 4.78 is 0. The molecule has 174 valence electrons. The van der Waals surface area contributed by atoms with Crippen LogP contribution in [0.15, 0.2) is 11.6 Å². The number of terminal acetylenes is 1. The van der Waals surface area contributed by atoms with Crippen molar-refractivity contribution in [3.8, 4) is 12.3 Å². The zero-order valence-corrected chi connectivity index (χ0v) is 21.2. The number of allylic oxidation sites excluding steroid dienone is 1. The summed E-state index contributed by atoms with van der Waals surface area (Å²) in [6, 6.07) is 0.600. The molecule has 4 aliphatic carbocycles. The van der Waals surface area contributed by atoms with Gasteiger partial charge in [0.05, 0.1) is 6.54 Å². The monoisotopic (exact) mass is 423 g/mol. The lowest BCUT2D eigenvalue weighted by Gasteiger charge is -2.58. The molecule has 3 saturated carbocycles. The third kappa shape index (κ3) is 4.28. The highest BCUT2D eigenvalue weighted by Crippen LogP contribution is 2.67. The Kier molecular flexibility index (Phi) is 6.99. The highest BCUT2D eigenvalue weighted by Gasteiger charge is 2.59. The van der Waals surface area contributed by atoms with Crippen LogP contribution in [0.3, 0.4) is 0 Å². The first kappa shape index (κ1) is 23.4. The van der Waals surface area contributed by atoms with E-state index in [1.807, 2.05) is 0 Å². The minimum Gasteiger partial charge on any atom is -0.303 e. The quantitative estimate of drug-likeness (QED) is 0.328. The fourth-order valence-corrected chi connectivity index (χ4v) is 9.06. The summed E-state index contributed by atoms with van der Waals surface area (Å²) in [6.07, 6.45) is 23.7. The molecule has 8 unspecified atom stereocenters. The van der Waals surface area contributed by atoms with Crippen LogP contribution < -0.4 is 5.32 Å². The van der Waals surface area contributed by atoms with Gasteiger partial charge in [0, 0.05) is 6.04 Å². The van der Waals surface area contributed by atoms with E-state index in [0.717, 1.165) is 42.1 Å². The van der Waals surface area contributed by atoms with Crippen molar-refractivity contribution in [3.05, 3.63) is 11.6 Å². The third-order valence-electron chi connectivity index (χ3n) is 10.8. The zero-order valence-electron chi connectivity index (χ0n) is 21.2. The van der Waals surface area contributed by atoms with E-state index in [9.17, 15) is 0 Å². The van der Waals surface area contributed by atoms with Gasteiger partial charge in [-0.05, 0) is 97.7 Å². The Morgan fingerprint density at radius 1 is 1.06 bits per heavy atom. The van der Waals surface area contributed by atoms with Crippen LogP contribution in [0.1, 0.15) is 105 Å². The first-order valence-corrected chi connectivity index (χ1v) is 13.7. The van der Waals surface area contributed by atoms with Gasteiger partial charge in [-0.1, -0.05) is 71.5 Å². The minimum atomic E-state index is 0.458. The summed E-state index contributed by atoms with van der Waals surface area (Å²) in [5, 5.41) is 3.60. The molecule has 4 aliphatic rings. The van der Waals surface area contributed by atoms with E-state index in [1.165, 1.54) is 70.6 Å². The summed E-state index contributed by atoms with van der Waals surface area (Å²) >= 11 is 0. The van der Waals surface area contributed by atoms with Gasteiger partial charge in [0.1, 0.15) is 0 Å². The van der Waals surface area contributed by atoms with Crippen LogP contribution in [0.25, 0.3) is 0 Å². The molecule has 0 aromatic heterocycles. The summed E-state index contributed by atoms with van der Waals surface area (Å²) in [6.45, 7) is 13.4. The maximum Gasteiger partial charge on any atom is 0.0576 e. The molecular weight excluding hydrogens is 374 g/mol. The highest BCUT2D eigenvalue weighted by atomic mass is 14.9. The Morgan fingerprint density at radius 3 is 2.61 bits per heavy atom. The highest BCUT2D eigenvalue weighted by molar-refractivity contribution is 5.26. The molecule has 8 atom stereocenters. The molecule has 1 nitrogen and oxygen atoms in total. The Hall–Kier alpha value is -0.740. The average Bonchev–Trinajstić information content (AvgIpc) is 3.09. The Labute approximate surface area is 193 Å². The molecule has 1 N–H and O–H groups in total. The molecule has 3 fully saturated rings. The lowest BCUT2D eigenvalue weighted by atomic mass is 9.47. The largest absolute Gasteiger partial charge is 0.303 e. The molecule has 0 aromatic carbocycles. The molecule has 0 spiro atoms. The number of fused-ring (bicyclic) bond motifs is 5. The van der Waals surface area contributed by atoms with Crippen LogP contribution in [0.5, 0.6) is 0 Å². The Balaban J connectivity index is 1.46. The fraction of sp³-hybridized carbons (Fsp3) is 0.867. The standard InChI is InChI=1S/C30H49N/c1-7-19-31-24-15-17-29(5)23(20-24)11-12-25-27-14-13-26(22(4)10-8-9-21(2)3)30(27,6)18-16-28(25)29/h1,11,21-22,24-28,31H,8-10,12-20H2,2-6H3. The van der Waals surface area contributed by atoms with E-state index in [-0.39, 0.29) is 0 Å². The van der Waals surface area contributed by atoms with Crippen LogP contribution in [-0.4, -0.2) is 12.6 Å². The number of rotatable bonds is 7. The number of nitrogens with one attached hydrogen (secondary N) is 1. The fourth-order valence-electron chi connectivity index (χ4n) is 9.06. The van der Waals surface area contributed by atoms with E-state index in [4.69, 9.17) is 6.42 Å². The van der Waals surface area contributed by atoms with Crippen molar-refractivity contribution >= 4 is 0 Å². The van der Waals surface area contributed by atoms with Gasteiger partial charge in [0.25, 0.3) is 0 Å². The van der Waals surface area contributed by atoms with Gasteiger partial charge in [0.15, 0.2) is 0 Å². The van der Waals surface area contributed by atoms with E-state index >= 15 is 0 Å². The minimum absolute atomic E-state index is 0.458. The summed E-state index contributed by atoms with van der Waals surface area (Å²) in [5.41, 5.74) is 2.83. The van der Waals surface area contributed by atoms with Crippen LogP contribution in [0.4, 0.5) is 0 Å². The van der Waals surface area contributed by atoms with Gasteiger partial charge in [-0.3, -0.25) is 0 Å². The van der Waals surface area contributed by atoms with Gasteiger partial charge in [-0.15, -0.1) is 6.42 Å². The third-order valence-corrected chi connectivity index (χ3v) is 10.8. The van der Waals surface area contributed by atoms with Gasteiger partial charge >= 0.3 is 0 Å².